The van der Waals surface area contributed by atoms with Crippen LogP contribution in [0.15, 0.2) is 246 Å². The molecule has 1 atom stereocenters. The van der Waals surface area contributed by atoms with E-state index >= 15 is 0 Å². The molecule has 0 aliphatic carbocycles. The number of nitrogens with one attached hydrogen (secondary N) is 1. The molecule has 1 aliphatic heterocycles. The number of nitrogens with zero attached hydrogens (tertiary/aromatic N) is 2. The van der Waals surface area contributed by atoms with Crippen LogP contribution in [0.4, 0.5) is 0 Å². The first-order chi connectivity index (χ1) is 36.9. The fraction of sp³-hybridized carbons (Fsp3) is 0.125. The van der Waals surface area contributed by atoms with Crippen LogP contribution in [0.25, 0.3) is 99.6 Å². The van der Waals surface area contributed by atoms with Gasteiger partial charge in [-0.25, -0.2) is 0 Å². The second-order valence-electron chi connectivity index (χ2n) is 22.4. The van der Waals surface area contributed by atoms with Gasteiger partial charge in [0.2, 0.25) is 0 Å². The summed E-state index contributed by atoms with van der Waals surface area (Å²) in [5, 5.41) is 8.58. The van der Waals surface area contributed by atoms with Gasteiger partial charge in [-0.2, -0.15) is 0 Å². The van der Waals surface area contributed by atoms with Gasteiger partial charge in [0.25, 0.3) is 0 Å². The summed E-state index contributed by atoms with van der Waals surface area (Å²) < 4.78 is 9.01. The molecule has 0 bridgehead atoms. The SMILES string of the molecule is CC(C)(C)c1ccc(-c2cc(C3=CC(c4ccccc4)=N[C@@H](c4ccc5c(c4)oc4ccccc45)N3)cc(-c3ccc(C(C)(C)C)cc3)c2-n2c3ccc(-c4ccccc4)cc3c3cc(-c4ccccc4)ccc32)cc1. The van der Waals surface area contributed by atoms with Crippen LogP contribution in [0, 0.1) is 0 Å². The molecule has 12 aromatic rings. The summed E-state index contributed by atoms with van der Waals surface area (Å²) in [7, 11) is 0. The van der Waals surface area contributed by atoms with Crippen molar-refractivity contribution in [1.82, 2.24) is 9.88 Å². The van der Waals surface area contributed by atoms with Gasteiger partial charge in [-0.15, -0.1) is 0 Å². The van der Waals surface area contributed by atoms with Gasteiger partial charge in [-0.1, -0.05) is 224 Å². The Kier molecular flexibility index (Phi) is 11.3. The maximum atomic E-state index is 6.47. The van der Waals surface area contributed by atoms with E-state index in [1.54, 1.807) is 0 Å². The van der Waals surface area contributed by atoms with Gasteiger partial charge in [0.05, 0.1) is 22.4 Å². The monoisotopic (exact) mass is 981 g/mol. The Morgan fingerprint density at radius 2 is 0.868 bits per heavy atom. The van der Waals surface area contributed by atoms with Gasteiger partial charge in [0, 0.05) is 43.9 Å². The molecule has 0 amide bonds. The molecule has 0 saturated heterocycles. The highest BCUT2D eigenvalue weighted by Gasteiger charge is 2.27. The summed E-state index contributed by atoms with van der Waals surface area (Å²) in [6.45, 7) is 13.7. The molecule has 13 rings (SSSR count). The van der Waals surface area contributed by atoms with Crippen molar-refractivity contribution in [3.05, 3.63) is 264 Å². The van der Waals surface area contributed by atoms with Crippen molar-refractivity contribution in [2.45, 2.75) is 58.5 Å². The van der Waals surface area contributed by atoms with Crippen molar-refractivity contribution in [3.8, 4) is 50.2 Å². The average Bonchev–Trinajstić information content (AvgIpc) is 4.00. The molecule has 368 valence electrons. The second-order valence-corrected chi connectivity index (χ2v) is 22.4. The molecule has 76 heavy (non-hydrogen) atoms. The summed E-state index contributed by atoms with van der Waals surface area (Å²) in [5.41, 5.74) is 22.0. The minimum absolute atomic E-state index is 0.0205. The minimum atomic E-state index is -0.397. The third-order valence-electron chi connectivity index (χ3n) is 15.4. The van der Waals surface area contributed by atoms with Crippen LogP contribution in [-0.2, 0) is 10.8 Å². The Morgan fingerprint density at radius 1 is 0.395 bits per heavy atom. The molecule has 4 nitrogen and oxygen atoms in total. The maximum Gasteiger partial charge on any atom is 0.145 e. The van der Waals surface area contributed by atoms with E-state index in [9.17, 15) is 0 Å². The van der Waals surface area contributed by atoms with E-state index in [1.807, 2.05) is 12.1 Å². The molecule has 1 N–H and O–H groups in total. The zero-order valence-electron chi connectivity index (χ0n) is 43.9. The fourth-order valence-electron chi connectivity index (χ4n) is 11.2. The molecule has 2 aromatic heterocycles. The van der Waals surface area contributed by atoms with Crippen molar-refractivity contribution >= 4 is 55.2 Å². The minimum Gasteiger partial charge on any atom is -0.456 e. The summed E-state index contributed by atoms with van der Waals surface area (Å²) in [6, 6.07) is 84.3. The smallest absolute Gasteiger partial charge is 0.145 e. The Balaban J connectivity index is 1.09. The van der Waals surface area contributed by atoms with Crippen LogP contribution in [0.1, 0.15) is 75.5 Å². The van der Waals surface area contributed by atoms with Gasteiger partial charge < -0.3 is 14.3 Å². The molecule has 4 heteroatoms. The molecule has 0 fully saturated rings. The van der Waals surface area contributed by atoms with Gasteiger partial charge in [-0.3, -0.25) is 4.99 Å². The van der Waals surface area contributed by atoms with E-state index in [4.69, 9.17) is 9.41 Å². The number of benzene rings is 10. The van der Waals surface area contributed by atoms with E-state index < -0.39 is 6.17 Å². The van der Waals surface area contributed by atoms with Gasteiger partial charge in [0.1, 0.15) is 17.3 Å². The molecule has 0 radical (unpaired) electrons. The summed E-state index contributed by atoms with van der Waals surface area (Å²) in [6.07, 6.45) is 1.84. The van der Waals surface area contributed by atoms with Crippen molar-refractivity contribution in [2.24, 2.45) is 4.99 Å². The third kappa shape index (κ3) is 8.50. The maximum absolute atomic E-state index is 6.47. The molecule has 0 saturated carbocycles. The van der Waals surface area contributed by atoms with Crippen molar-refractivity contribution in [2.75, 3.05) is 0 Å². The number of aromatic nitrogens is 1. The van der Waals surface area contributed by atoms with Gasteiger partial charge >= 0.3 is 0 Å². The highest BCUT2D eigenvalue weighted by atomic mass is 16.3. The van der Waals surface area contributed by atoms with Crippen LogP contribution < -0.4 is 5.32 Å². The van der Waals surface area contributed by atoms with E-state index in [-0.39, 0.29) is 10.8 Å². The van der Waals surface area contributed by atoms with Crippen molar-refractivity contribution in [1.29, 1.82) is 0 Å². The largest absolute Gasteiger partial charge is 0.456 e. The lowest BCUT2D eigenvalue weighted by molar-refractivity contribution is 0.590. The molecule has 3 heterocycles. The Morgan fingerprint density at radius 3 is 1.39 bits per heavy atom. The lowest BCUT2D eigenvalue weighted by Crippen LogP contribution is -2.25. The zero-order chi connectivity index (χ0) is 51.7. The molecule has 1 aliphatic rings. The summed E-state index contributed by atoms with van der Waals surface area (Å²) >= 11 is 0. The normalized spacial score (nSPS) is 14.1. The number of aliphatic imine (C=N–C) groups is 1. The van der Waals surface area contributed by atoms with E-state index in [0.717, 1.165) is 89.0 Å². The number of allylic oxidation sites excluding steroid dienone is 1. The average molecular weight is 982 g/mol. The lowest BCUT2D eigenvalue weighted by Gasteiger charge is -2.27. The molecule has 0 unspecified atom stereocenters. The van der Waals surface area contributed by atoms with Crippen LogP contribution in [0.5, 0.6) is 0 Å². The predicted octanol–water partition coefficient (Wildman–Crippen LogP) is 19.1. The van der Waals surface area contributed by atoms with E-state index in [2.05, 4.69) is 276 Å². The van der Waals surface area contributed by atoms with Crippen LogP contribution in [-0.4, -0.2) is 10.3 Å². The number of fused-ring (bicyclic) bond motifs is 6. The van der Waals surface area contributed by atoms with Gasteiger partial charge in [-0.05, 0) is 121 Å². The first-order valence-corrected chi connectivity index (χ1v) is 26.5. The highest BCUT2D eigenvalue weighted by molar-refractivity contribution is 6.15. The standard InChI is InChI=1S/C72H59N3O/c1-71(2,3)55-33-26-48(27-34-55)59-42-54(64-45-63(50-22-14-9-15-23-50)73-70(74-64)53-30-37-58-57-24-16-17-25-67(57)76-68(58)44-53)43-60(49-28-35-56(36-29-49)72(4,5)6)69(59)75-65-38-31-51(46-18-10-7-11-19-46)40-61(65)62-41-52(32-39-66(62)75)47-20-12-8-13-21-47/h7-45,70,74H,1-6H3/t70-/m1/s1. The first-order valence-electron chi connectivity index (χ1n) is 26.5. The topological polar surface area (TPSA) is 42.5 Å². The Labute approximate surface area is 445 Å². The summed E-state index contributed by atoms with van der Waals surface area (Å²) in [5.74, 6) is 0. The van der Waals surface area contributed by atoms with Crippen LogP contribution >= 0.6 is 0 Å². The van der Waals surface area contributed by atoms with Crippen LogP contribution in [0.3, 0.4) is 0 Å². The van der Waals surface area contributed by atoms with Crippen LogP contribution in [0.2, 0.25) is 0 Å². The van der Waals surface area contributed by atoms with Crippen molar-refractivity contribution in [3.63, 3.8) is 0 Å². The highest BCUT2D eigenvalue weighted by Crippen LogP contribution is 2.46. The second kappa shape index (κ2) is 18.4. The number of rotatable bonds is 8. The molecule has 10 aromatic carbocycles. The fourth-order valence-corrected chi connectivity index (χ4v) is 11.2. The van der Waals surface area contributed by atoms with E-state index in [1.165, 1.54) is 44.2 Å². The quantitative estimate of drug-likeness (QED) is 0.165. The number of hydrogen-bond acceptors (Lipinski definition) is 3. The molecule has 0 spiro atoms. The Hall–Kier alpha value is -8.99. The zero-order valence-corrected chi connectivity index (χ0v) is 43.9. The number of para-hydroxylation sites is 1. The lowest BCUT2D eigenvalue weighted by atomic mass is 9.84. The van der Waals surface area contributed by atoms with E-state index in [0.29, 0.717) is 0 Å². The third-order valence-corrected chi connectivity index (χ3v) is 15.4. The Bertz CT molecular complexity index is 4050. The van der Waals surface area contributed by atoms with Crippen molar-refractivity contribution < 1.29 is 4.42 Å². The molecular formula is C72H59N3O. The summed E-state index contributed by atoms with van der Waals surface area (Å²) in [4.78, 5) is 5.45. The number of furan rings is 1. The predicted molar refractivity (Wildman–Crippen MR) is 320 cm³/mol. The molecular weight excluding hydrogens is 923 g/mol. The van der Waals surface area contributed by atoms with Gasteiger partial charge in [0.15, 0.2) is 0 Å². The first kappa shape index (κ1) is 46.8. The number of hydrogen-bond donors (Lipinski definition) is 1.